The van der Waals surface area contributed by atoms with Crippen LogP contribution in [0.25, 0.3) is 5.57 Å². The van der Waals surface area contributed by atoms with Gasteiger partial charge in [-0.1, -0.05) is 18.7 Å². The number of hydrogen-bond acceptors (Lipinski definition) is 1. The fraction of sp³-hybridized carbons (Fsp3) is 0.0833. The van der Waals surface area contributed by atoms with Crippen LogP contribution in [0.4, 0.5) is 4.39 Å². The maximum Gasteiger partial charge on any atom is 0.137 e. The van der Waals surface area contributed by atoms with Crippen molar-refractivity contribution in [3.05, 3.63) is 59.9 Å². The van der Waals surface area contributed by atoms with Gasteiger partial charge in [0.25, 0.3) is 0 Å². The van der Waals surface area contributed by atoms with Crippen molar-refractivity contribution in [2.75, 3.05) is 0 Å². The Labute approximate surface area is 87.5 Å². The summed E-state index contributed by atoms with van der Waals surface area (Å²) in [4.78, 5) is 7.03. The molecule has 2 aromatic rings. The summed E-state index contributed by atoms with van der Waals surface area (Å²) >= 11 is 0. The lowest BCUT2D eigenvalue weighted by Gasteiger charge is -2.07. The second kappa shape index (κ2) is 3.69. The third kappa shape index (κ3) is 1.68. The lowest BCUT2D eigenvalue weighted by molar-refractivity contribution is 0.618. The molecule has 0 aliphatic heterocycles. The molecule has 0 spiro atoms. The summed E-state index contributed by atoms with van der Waals surface area (Å²) in [5, 5.41) is 0. The van der Waals surface area contributed by atoms with E-state index in [1.54, 1.807) is 25.4 Å². The van der Waals surface area contributed by atoms with Gasteiger partial charge in [-0.2, -0.15) is 0 Å². The molecule has 2 rings (SSSR count). The maximum absolute atomic E-state index is 13.3. The minimum atomic E-state index is -0.222. The molecule has 0 saturated heterocycles. The topological polar surface area (TPSA) is 28.7 Å². The Bertz CT molecular complexity index is 486. The first-order chi connectivity index (χ1) is 7.20. The van der Waals surface area contributed by atoms with Crippen LogP contribution in [0.3, 0.4) is 0 Å². The van der Waals surface area contributed by atoms with Gasteiger partial charge < -0.3 is 4.98 Å². The number of aromatic amines is 1. The second-order valence-electron chi connectivity index (χ2n) is 3.33. The van der Waals surface area contributed by atoms with Gasteiger partial charge in [0.05, 0.1) is 0 Å². The molecule has 0 aliphatic rings. The number of nitrogens with zero attached hydrogens (tertiary/aromatic N) is 1. The molecule has 1 aromatic carbocycles. The van der Waals surface area contributed by atoms with Crippen LogP contribution in [0.5, 0.6) is 0 Å². The molecular formula is C12H11FN2. The number of nitrogens with one attached hydrogen (secondary N) is 1. The van der Waals surface area contributed by atoms with Crippen LogP contribution in [-0.2, 0) is 0 Å². The van der Waals surface area contributed by atoms with Gasteiger partial charge in [0, 0.05) is 18.0 Å². The molecule has 1 aromatic heterocycles. The molecule has 2 nitrogen and oxygen atoms in total. The standard InChI is InChI=1S/C12H11FN2/c1-8-10(4-3-5-11(8)13)9(2)12-14-6-7-15-12/h3-7H,2H2,1H3,(H,14,15). The van der Waals surface area contributed by atoms with Crippen molar-refractivity contribution in [1.29, 1.82) is 0 Å². The Morgan fingerprint density at radius 3 is 2.93 bits per heavy atom. The molecule has 0 aliphatic carbocycles. The number of halogens is 1. The molecule has 0 unspecified atom stereocenters. The number of benzene rings is 1. The van der Waals surface area contributed by atoms with Crippen molar-refractivity contribution in [2.24, 2.45) is 0 Å². The molecule has 0 saturated carbocycles. The highest BCUT2D eigenvalue weighted by Gasteiger charge is 2.09. The van der Waals surface area contributed by atoms with Crippen molar-refractivity contribution in [2.45, 2.75) is 6.92 Å². The zero-order chi connectivity index (χ0) is 10.8. The van der Waals surface area contributed by atoms with Gasteiger partial charge in [-0.15, -0.1) is 0 Å². The zero-order valence-corrected chi connectivity index (χ0v) is 8.42. The van der Waals surface area contributed by atoms with E-state index in [-0.39, 0.29) is 5.82 Å². The number of rotatable bonds is 2. The van der Waals surface area contributed by atoms with Crippen molar-refractivity contribution in [3.8, 4) is 0 Å². The van der Waals surface area contributed by atoms with Crippen LogP contribution in [0.15, 0.2) is 37.2 Å². The second-order valence-corrected chi connectivity index (χ2v) is 3.33. The van der Waals surface area contributed by atoms with Gasteiger partial charge in [-0.05, 0) is 24.1 Å². The average molecular weight is 202 g/mol. The summed E-state index contributed by atoms with van der Waals surface area (Å²) in [6.45, 7) is 5.64. The highest BCUT2D eigenvalue weighted by molar-refractivity contribution is 5.76. The van der Waals surface area contributed by atoms with Crippen molar-refractivity contribution >= 4 is 5.57 Å². The molecule has 0 bridgehead atoms. The number of hydrogen-bond donors (Lipinski definition) is 1. The van der Waals surface area contributed by atoms with E-state index in [4.69, 9.17) is 0 Å². The summed E-state index contributed by atoms with van der Waals surface area (Å²) in [5.41, 5.74) is 2.08. The van der Waals surface area contributed by atoms with Crippen LogP contribution < -0.4 is 0 Å². The Morgan fingerprint density at radius 1 is 1.47 bits per heavy atom. The van der Waals surface area contributed by atoms with Crippen molar-refractivity contribution < 1.29 is 4.39 Å². The van der Waals surface area contributed by atoms with Crippen LogP contribution in [0, 0.1) is 12.7 Å². The fourth-order valence-electron chi connectivity index (χ4n) is 1.49. The first-order valence-electron chi connectivity index (χ1n) is 4.64. The van der Waals surface area contributed by atoms with E-state index < -0.39 is 0 Å². The molecule has 1 heterocycles. The molecule has 76 valence electrons. The van der Waals surface area contributed by atoms with Gasteiger partial charge in [-0.3, -0.25) is 0 Å². The molecule has 1 N–H and O–H groups in total. The van der Waals surface area contributed by atoms with E-state index in [1.807, 2.05) is 6.07 Å². The molecule has 15 heavy (non-hydrogen) atoms. The molecular weight excluding hydrogens is 191 g/mol. The van der Waals surface area contributed by atoms with Crippen LogP contribution in [0.1, 0.15) is 17.0 Å². The summed E-state index contributed by atoms with van der Waals surface area (Å²) in [6, 6.07) is 4.95. The van der Waals surface area contributed by atoms with Crippen LogP contribution in [-0.4, -0.2) is 9.97 Å². The number of H-pyrrole nitrogens is 1. The van der Waals surface area contributed by atoms with E-state index in [0.29, 0.717) is 17.0 Å². The third-order valence-electron chi connectivity index (χ3n) is 2.38. The zero-order valence-electron chi connectivity index (χ0n) is 8.42. The first kappa shape index (κ1) is 9.65. The summed E-state index contributed by atoms with van der Waals surface area (Å²) in [7, 11) is 0. The fourth-order valence-corrected chi connectivity index (χ4v) is 1.49. The van der Waals surface area contributed by atoms with Gasteiger partial charge in [0.2, 0.25) is 0 Å². The van der Waals surface area contributed by atoms with E-state index in [0.717, 1.165) is 5.56 Å². The number of aromatic nitrogens is 2. The van der Waals surface area contributed by atoms with Crippen LogP contribution in [0.2, 0.25) is 0 Å². The SMILES string of the molecule is C=C(c1ncc[nH]1)c1cccc(F)c1C. The maximum atomic E-state index is 13.3. The minimum absolute atomic E-state index is 0.222. The summed E-state index contributed by atoms with van der Waals surface area (Å²) in [6.07, 6.45) is 3.37. The van der Waals surface area contributed by atoms with E-state index in [9.17, 15) is 4.39 Å². The Balaban J connectivity index is 2.47. The minimum Gasteiger partial charge on any atom is -0.345 e. The van der Waals surface area contributed by atoms with Crippen molar-refractivity contribution in [3.63, 3.8) is 0 Å². The number of imidazole rings is 1. The summed E-state index contributed by atoms with van der Waals surface area (Å²) in [5.74, 6) is 0.448. The Kier molecular flexibility index (Phi) is 2.37. The normalized spacial score (nSPS) is 10.3. The van der Waals surface area contributed by atoms with Crippen molar-refractivity contribution in [1.82, 2.24) is 9.97 Å². The van der Waals surface area contributed by atoms with E-state index in [1.165, 1.54) is 6.07 Å². The molecule has 0 radical (unpaired) electrons. The van der Waals surface area contributed by atoms with Gasteiger partial charge in [0.15, 0.2) is 0 Å². The molecule has 0 atom stereocenters. The predicted molar refractivity (Wildman–Crippen MR) is 57.9 cm³/mol. The smallest absolute Gasteiger partial charge is 0.137 e. The van der Waals surface area contributed by atoms with Gasteiger partial charge in [0.1, 0.15) is 11.6 Å². The third-order valence-corrected chi connectivity index (χ3v) is 2.38. The average Bonchev–Trinajstić information content (AvgIpc) is 2.74. The molecule has 3 heteroatoms. The molecule has 0 amide bonds. The van der Waals surface area contributed by atoms with Crippen LogP contribution >= 0.6 is 0 Å². The summed E-state index contributed by atoms with van der Waals surface area (Å²) < 4.78 is 13.3. The molecule has 0 fully saturated rings. The van der Waals surface area contributed by atoms with E-state index >= 15 is 0 Å². The van der Waals surface area contributed by atoms with E-state index in [2.05, 4.69) is 16.5 Å². The Morgan fingerprint density at radius 2 is 2.27 bits per heavy atom. The quantitative estimate of drug-likeness (QED) is 0.796. The highest BCUT2D eigenvalue weighted by Crippen LogP contribution is 2.23. The monoisotopic (exact) mass is 202 g/mol. The van der Waals surface area contributed by atoms with Gasteiger partial charge in [-0.25, -0.2) is 9.37 Å². The highest BCUT2D eigenvalue weighted by atomic mass is 19.1. The lowest BCUT2D eigenvalue weighted by Crippen LogP contribution is -1.94. The Hall–Kier alpha value is -1.90. The van der Waals surface area contributed by atoms with Gasteiger partial charge >= 0.3 is 0 Å². The lowest BCUT2D eigenvalue weighted by atomic mass is 10.0. The largest absolute Gasteiger partial charge is 0.345 e. The predicted octanol–water partition coefficient (Wildman–Crippen LogP) is 2.92. The first-order valence-corrected chi connectivity index (χ1v) is 4.64.